The summed E-state index contributed by atoms with van der Waals surface area (Å²) in [6.45, 7) is 0. The molecule has 10 heavy (non-hydrogen) atoms. The summed E-state index contributed by atoms with van der Waals surface area (Å²) in [4.78, 5) is 0. The molecule has 0 spiro atoms. The van der Waals surface area contributed by atoms with Crippen LogP contribution in [0.2, 0.25) is 5.02 Å². The molecule has 1 aromatic carbocycles. The maximum Gasteiger partial charge on any atom is 0.291 e. The molecule has 0 heterocycles. The summed E-state index contributed by atoms with van der Waals surface area (Å²) in [6.07, 6.45) is 0.581. The molecule has 1 nitrogen and oxygen atoms in total. The van der Waals surface area contributed by atoms with E-state index in [0.29, 0.717) is 6.32 Å². The van der Waals surface area contributed by atoms with Crippen LogP contribution in [0.5, 0.6) is 0 Å². The monoisotopic (exact) mass is 153 g/mol. The first-order chi connectivity index (χ1) is 4.83. The van der Waals surface area contributed by atoms with E-state index in [-0.39, 0.29) is 0 Å². The number of halogens is 1. The van der Waals surface area contributed by atoms with Gasteiger partial charge < -0.3 is 5.02 Å². The molecule has 0 aliphatic heterocycles. The Morgan fingerprint density at radius 2 is 1.90 bits per heavy atom. The molecule has 0 aromatic heterocycles. The van der Waals surface area contributed by atoms with Gasteiger partial charge in [-0.25, -0.2) is 0 Å². The summed E-state index contributed by atoms with van der Waals surface area (Å²) in [5, 5.41) is 9.15. The van der Waals surface area contributed by atoms with E-state index in [9.17, 15) is 0 Å². The van der Waals surface area contributed by atoms with Gasteiger partial charge in [0, 0.05) is 5.02 Å². The highest BCUT2D eigenvalue weighted by Crippen LogP contribution is 2.08. The third kappa shape index (κ3) is 2.05. The van der Waals surface area contributed by atoms with Crippen LogP contribution < -0.4 is 0 Å². The van der Waals surface area contributed by atoms with Crippen molar-refractivity contribution in [3.05, 3.63) is 34.9 Å². The van der Waals surface area contributed by atoms with Crippen LogP contribution in [0.1, 0.15) is 5.56 Å². The van der Waals surface area contributed by atoms with Crippen LogP contribution in [0.25, 0.3) is 0 Å². The van der Waals surface area contributed by atoms with Gasteiger partial charge in [0.05, 0.1) is 0 Å². The quantitative estimate of drug-likeness (QED) is 0.638. The van der Waals surface area contributed by atoms with Crippen molar-refractivity contribution in [2.75, 3.05) is 0 Å². The maximum absolute atomic E-state index is 8.43. The van der Waals surface area contributed by atoms with Gasteiger partial charge in [-0.05, 0) is 18.5 Å². The Morgan fingerprint density at radius 1 is 1.30 bits per heavy atom. The predicted molar refractivity (Wildman–Crippen MR) is 43.1 cm³/mol. The van der Waals surface area contributed by atoms with Gasteiger partial charge in [0.15, 0.2) is 0 Å². The molecular weight excluding hydrogens is 146 g/mol. The molecule has 51 valence electrons. The maximum atomic E-state index is 8.43. The lowest BCUT2D eigenvalue weighted by Gasteiger charge is -1.94. The van der Waals surface area contributed by atoms with Crippen LogP contribution in [0.4, 0.5) is 0 Å². The standard InChI is InChI=1S/C7H7BClO/c9-7-3-1-6(2-4-7)5-8-10/h1-4,10H,5H2. The number of rotatable bonds is 2. The first-order valence-corrected chi connectivity index (χ1v) is 3.41. The van der Waals surface area contributed by atoms with E-state index < -0.39 is 0 Å². The molecule has 0 saturated heterocycles. The van der Waals surface area contributed by atoms with Crippen LogP contribution in [-0.2, 0) is 6.32 Å². The van der Waals surface area contributed by atoms with Gasteiger partial charge in [-0.1, -0.05) is 29.3 Å². The summed E-state index contributed by atoms with van der Waals surface area (Å²) in [6, 6.07) is 7.38. The second-order valence-corrected chi connectivity index (χ2v) is 2.45. The molecule has 0 aliphatic rings. The number of hydrogen-bond donors (Lipinski definition) is 1. The van der Waals surface area contributed by atoms with Crippen LogP contribution in [0.15, 0.2) is 24.3 Å². The lowest BCUT2D eigenvalue weighted by molar-refractivity contribution is 0.600. The zero-order valence-corrected chi connectivity index (χ0v) is 6.17. The minimum atomic E-state index is 0.581. The highest BCUT2D eigenvalue weighted by atomic mass is 35.5. The fourth-order valence-electron chi connectivity index (χ4n) is 0.726. The third-order valence-corrected chi connectivity index (χ3v) is 1.49. The predicted octanol–water partition coefficient (Wildman–Crippen LogP) is 1.45. The Balaban J connectivity index is 2.69. The molecule has 0 fully saturated rings. The van der Waals surface area contributed by atoms with E-state index in [4.69, 9.17) is 16.6 Å². The van der Waals surface area contributed by atoms with Gasteiger partial charge in [0.1, 0.15) is 0 Å². The van der Waals surface area contributed by atoms with Gasteiger partial charge in [-0.3, -0.25) is 0 Å². The van der Waals surface area contributed by atoms with Gasteiger partial charge in [0.2, 0.25) is 0 Å². The summed E-state index contributed by atoms with van der Waals surface area (Å²) in [7, 11) is 1.13. The first-order valence-electron chi connectivity index (χ1n) is 3.03. The van der Waals surface area contributed by atoms with Gasteiger partial charge in [-0.2, -0.15) is 0 Å². The molecule has 3 heteroatoms. The lowest BCUT2D eigenvalue weighted by atomic mass is 9.90. The molecular formula is C7H7BClO. The fourth-order valence-corrected chi connectivity index (χ4v) is 0.852. The third-order valence-electron chi connectivity index (χ3n) is 1.24. The van der Waals surface area contributed by atoms with Crippen LogP contribution in [0.3, 0.4) is 0 Å². The molecule has 0 bridgehead atoms. The smallest absolute Gasteiger partial charge is 0.291 e. The van der Waals surface area contributed by atoms with E-state index in [0.717, 1.165) is 18.1 Å². The van der Waals surface area contributed by atoms with Crippen molar-refractivity contribution >= 4 is 19.1 Å². The molecule has 1 N–H and O–H groups in total. The topological polar surface area (TPSA) is 20.2 Å². The average Bonchev–Trinajstić information content (AvgIpc) is 1.95. The van der Waals surface area contributed by atoms with Crippen molar-refractivity contribution in [3.63, 3.8) is 0 Å². The highest BCUT2D eigenvalue weighted by molar-refractivity contribution is 6.30. The molecule has 1 radical (unpaired) electrons. The van der Waals surface area contributed by atoms with Gasteiger partial charge in [-0.15, -0.1) is 0 Å². The van der Waals surface area contributed by atoms with Crippen LogP contribution in [0, 0.1) is 0 Å². The Kier molecular flexibility index (Phi) is 2.78. The van der Waals surface area contributed by atoms with E-state index in [2.05, 4.69) is 0 Å². The SMILES string of the molecule is O[B]Cc1ccc(Cl)cc1. The van der Waals surface area contributed by atoms with Crippen LogP contribution >= 0.6 is 11.6 Å². The van der Waals surface area contributed by atoms with E-state index >= 15 is 0 Å². The molecule has 0 atom stereocenters. The van der Waals surface area contributed by atoms with Crippen molar-refractivity contribution in [2.24, 2.45) is 0 Å². The molecule has 0 amide bonds. The zero-order valence-electron chi connectivity index (χ0n) is 5.42. The fraction of sp³-hybridized carbons (Fsp3) is 0.143. The highest BCUT2D eigenvalue weighted by Gasteiger charge is 1.91. The average molecular weight is 153 g/mol. The van der Waals surface area contributed by atoms with Gasteiger partial charge >= 0.3 is 0 Å². The number of hydrogen-bond acceptors (Lipinski definition) is 1. The minimum Gasteiger partial charge on any atom is -0.454 e. The van der Waals surface area contributed by atoms with Crippen molar-refractivity contribution in [1.82, 2.24) is 0 Å². The first kappa shape index (κ1) is 7.64. The van der Waals surface area contributed by atoms with Crippen molar-refractivity contribution < 1.29 is 5.02 Å². The molecule has 0 aliphatic carbocycles. The van der Waals surface area contributed by atoms with Crippen molar-refractivity contribution in [1.29, 1.82) is 0 Å². The van der Waals surface area contributed by atoms with Gasteiger partial charge in [0.25, 0.3) is 7.48 Å². The second-order valence-electron chi connectivity index (χ2n) is 2.01. The summed E-state index contributed by atoms with van der Waals surface area (Å²) < 4.78 is 0. The van der Waals surface area contributed by atoms with E-state index in [1.165, 1.54) is 0 Å². The Morgan fingerprint density at radius 3 is 2.40 bits per heavy atom. The van der Waals surface area contributed by atoms with Crippen LogP contribution in [-0.4, -0.2) is 12.5 Å². The Hall–Kier alpha value is -0.465. The number of benzene rings is 1. The van der Waals surface area contributed by atoms with E-state index in [1.807, 2.05) is 12.1 Å². The Labute approximate surface area is 65.9 Å². The summed E-state index contributed by atoms with van der Waals surface area (Å²) in [5.74, 6) is 0. The normalized spacial score (nSPS) is 9.40. The molecule has 0 unspecified atom stereocenters. The molecule has 1 aromatic rings. The minimum absolute atomic E-state index is 0.581. The largest absolute Gasteiger partial charge is 0.454 e. The van der Waals surface area contributed by atoms with Crippen molar-refractivity contribution in [3.8, 4) is 0 Å². The molecule has 0 saturated carbocycles. The van der Waals surface area contributed by atoms with E-state index in [1.54, 1.807) is 12.1 Å². The Bertz CT molecular complexity index is 197. The second kappa shape index (κ2) is 3.64. The summed E-state index contributed by atoms with van der Waals surface area (Å²) in [5.41, 5.74) is 1.06. The van der Waals surface area contributed by atoms with Crippen molar-refractivity contribution in [2.45, 2.75) is 6.32 Å². The molecule has 1 rings (SSSR count). The lowest BCUT2D eigenvalue weighted by Crippen LogP contribution is -1.93. The zero-order chi connectivity index (χ0) is 7.40. The summed E-state index contributed by atoms with van der Waals surface area (Å²) >= 11 is 5.64.